The molecule has 0 saturated carbocycles. The topological polar surface area (TPSA) is 40.5 Å². The lowest BCUT2D eigenvalue weighted by Gasteiger charge is -2.23. The Labute approximate surface area is 69.2 Å². The first-order chi connectivity index (χ1) is 5.13. The van der Waals surface area contributed by atoms with Gasteiger partial charge in [-0.15, -0.1) is 0 Å². The molecule has 3 unspecified atom stereocenters. The molecular formula is C9H20O2. The molecule has 2 heteroatoms. The highest BCUT2D eigenvalue weighted by Gasteiger charge is 2.18. The minimum Gasteiger partial charge on any atom is -0.396 e. The van der Waals surface area contributed by atoms with Crippen LogP contribution in [0, 0.1) is 11.8 Å². The van der Waals surface area contributed by atoms with Gasteiger partial charge in [-0.05, 0) is 18.3 Å². The molecule has 0 radical (unpaired) electrons. The Morgan fingerprint density at radius 3 is 2.09 bits per heavy atom. The van der Waals surface area contributed by atoms with Gasteiger partial charge in [0, 0.05) is 6.61 Å². The van der Waals surface area contributed by atoms with Crippen molar-refractivity contribution in [1.29, 1.82) is 0 Å². The SMILES string of the molecule is CCC(C)C(O)C(C)CCO. The number of rotatable bonds is 5. The number of aliphatic hydroxyl groups excluding tert-OH is 2. The molecule has 3 atom stereocenters. The van der Waals surface area contributed by atoms with Gasteiger partial charge in [-0.25, -0.2) is 0 Å². The summed E-state index contributed by atoms with van der Waals surface area (Å²) in [5.41, 5.74) is 0. The average Bonchev–Trinajstić information content (AvgIpc) is 2.02. The lowest BCUT2D eigenvalue weighted by molar-refractivity contribution is 0.0514. The van der Waals surface area contributed by atoms with Crippen molar-refractivity contribution in [3.05, 3.63) is 0 Å². The Kier molecular flexibility index (Phi) is 5.51. The average molecular weight is 160 g/mol. The third-order valence-electron chi connectivity index (χ3n) is 2.39. The van der Waals surface area contributed by atoms with Crippen LogP contribution in [-0.4, -0.2) is 22.9 Å². The smallest absolute Gasteiger partial charge is 0.0592 e. The second-order valence-electron chi connectivity index (χ2n) is 3.37. The van der Waals surface area contributed by atoms with Crippen LogP contribution < -0.4 is 0 Å². The first-order valence-electron chi connectivity index (χ1n) is 4.42. The highest BCUT2D eigenvalue weighted by molar-refractivity contribution is 4.69. The largest absolute Gasteiger partial charge is 0.396 e. The molecule has 0 aromatic rings. The molecule has 0 bridgehead atoms. The van der Waals surface area contributed by atoms with Gasteiger partial charge >= 0.3 is 0 Å². The fraction of sp³-hybridized carbons (Fsp3) is 1.00. The van der Waals surface area contributed by atoms with Gasteiger partial charge in [0.2, 0.25) is 0 Å². The molecule has 2 N–H and O–H groups in total. The van der Waals surface area contributed by atoms with E-state index in [0.29, 0.717) is 12.3 Å². The summed E-state index contributed by atoms with van der Waals surface area (Å²) in [7, 11) is 0. The first-order valence-corrected chi connectivity index (χ1v) is 4.42. The predicted molar refractivity (Wildman–Crippen MR) is 46.3 cm³/mol. The number of hydrogen-bond donors (Lipinski definition) is 2. The predicted octanol–water partition coefficient (Wildman–Crippen LogP) is 1.41. The zero-order valence-corrected chi connectivity index (χ0v) is 7.75. The molecular weight excluding hydrogens is 140 g/mol. The normalized spacial score (nSPS) is 19.4. The standard InChI is InChI=1S/C9H20O2/c1-4-7(2)9(11)8(3)5-6-10/h7-11H,4-6H2,1-3H3. The van der Waals surface area contributed by atoms with E-state index in [4.69, 9.17) is 5.11 Å². The second kappa shape index (κ2) is 5.56. The molecule has 11 heavy (non-hydrogen) atoms. The Hall–Kier alpha value is -0.0800. The maximum atomic E-state index is 9.61. The zero-order valence-electron chi connectivity index (χ0n) is 7.75. The lowest BCUT2D eigenvalue weighted by atomic mass is 9.90. The third-order valence-corrected chi connectivity index (χ3v) is 2.39. The van der Waals surface area contributed by atoms with Crippen molar-refractivity contribution < 1.29 is 10.2 Å². The molecule has 68 valence electrons. The van der Waals surface area contributed by atoms with E-state index in [0.717, 1.165) is 6.42 Å². The molecule has 0 aromatic heterocycles. The van der Waals surface area contributed by atoms with Crippen molar-refractivity contribution in [1.82, 2.24) is 0 Å². The Morgan fingerprint density at radius 1 is 1.18 bits per heavy atom. The third kappa shape index (κ3) is 3.73. The van der Waals surface area contributed by atoms with Crippen LogP contribution in [0.4, 0.5) is 0 Å². The summed E-state index contributed by atoms with van der Waals surface area (Å²) in [6, 6.07) is 0. The summed E-state index contributed by atoms with van der Waals surface area (Å²) in [5.74, 6) is 0.562. The molecule has 0 aliphatic carbocycles. The maximum Gasteiger partial charge on any atom is 0.0592 e. The van der Waals surface area contributed by atoms with Crippen molar-refractivity contribution >= 4 is 0 Å². The van der Waals surface area contributed by atoms with Gasteiger partial charge < -0.3 is 10.2 Å². The quantitative estimate of drug-likeness (QED) is 0.638. The lowest BCUT2D eigenvalue weighted by Crippen LogP contribution is -2.25. The van der Waals surface area contributed by atoms with Gasteiger partial charge in [0.1, 0.15) is 0 Å². The van der Waals surface area contributed by atoms with E-state index in [-0.39, 0.29) is 18.6 Å². The zero-order chi connectivity index (χ0) is 8.85. The molecule has 0 aliphatic rings. The van der Waals surface area contributed by atoms with E-state index in [1.807, 2.05) is 13.8 Å². The van der Waals surface area contributed by atoms with E-state index in [1.54, 1.807) is 0 Å². The highest BCUT2D eigenvalue weighted by Crippen LogP contribution is 2.17. The monoisotopic (exact) mass is 160 g/mol. The highest BCUT2D eigenvalue weighted by atomic mass is 16.3. The minimum atomic E-state index is -0.257. The second-order valence-corrected chi connectivity index (χ2v) is 3.37. The molecule has 0 amide bonds. The van der Waals surface area contributed by atoms with Crippen molar-refractivity contribution in [3.63, 3.8) is 0 Å². The van der Waals surface area contributed by atoms with Crippen LogP contribution in [0.15, 0.2) is 0 Å². The van der Waals surface area contributed by atoms with Gasteiger partial charge in [0.05, 0.1) is 6.10 Å². The summed E-state index contributed by atoms with van der Waals surface area (Å²) in [5, 5.41) is 18.2. The molecule has 0 saturated heterocycles. The number of hydrogen-bond acceptors (Lipinski definition) is 2. The van der Waals surface area contributed by atoms with Crippen LogP contribution in [0.2, 0.25) is 0 Å². The Bertz CT molecular complexity index is 93.6. The van der Waals surface area contributed by atoms with Crippen molar-refractivity contribution in [3.8, 4) is 0 Å². The van der Waals surface area contributed by atoms with E-state index in [1.165, 1.54) is 0 Å². The fourth-order valence-corrected chi connectivity index (χ4v) is 1.18. The van der Waals surface area contributed by atoms with E-state index < -0.39 is 0 Å². The molecule has 0 aliphatic heterocycles. The first kappa shape index (κ1) is 10.9. The maximum absolute atomic E-state index is 9.61. The van der Waals surface area contributed by atoms with Crippen LogP contribution >= 0.6 is 0 Å². The Morgan fingerprint density at radius 2 is 1.73 bits per heavy atom. The van der Waals surface area contributed by atoms with E-state index >= 15 is 0 Å². The van der Waals surface area contributed by atoms with Crippen molar-refractivity contribution in [2.24, 2.45) is 11.8 Å². The van der Waals surface area contributed by atoms with E-state index in [9.17, 15) is 5.11 Å². The van der Waals surface area contributed by atoms with Crippen LogP contribution in [0.25, 0.3) is 0 Å². The van der Waals surface area contributed by atoms with Crippen LogP contribution in [-0.2, 0) is 0 Å². The van der Waals surface area contributed by atoms with Crippen LogP contribution in [0.3, 0.4) is 0 Å². The molecule has 0 fully saturated rings. The van der Waals surface area contributed by atoms with Gasteiger partial charge in [-0.3, -0.25) is 0 Å². The van der Waals surface area contributed by atoms with Gasteiger partial charge in [-0.1, -0.05) is 27.2 Å². The van der Waals surface area contributed by atoms with Gasteiger partial charge in [-0.2, -0.15) is 0 Å². The molecule has 0 spiro atoms. The summed E-state index contributed by atoms with van der Waals surface area (Å²) in [6.45, 7) is 6.26. The van der Waals surface area contributed by atoms with Crippen LogP contribution in [0.1, 0.15) is 33.6 Å². The summed E-state index contributed by atoms with van der Waals surface area (Å²) in [6.07, 6.45) is 1.44. The van der Waals surface area contributed by atoms with Gasteiger partial charge in [0.15, 0.2) is 0 Å². The molecule has 0 heterocycles. The summed E-state index contributed by atoms with van der Waals surface area (Å²) in [4.78, 5) is 0. The molecule has 2 nitrogen and oxygen atoms in total. The van der Waals surface area contributed by atoms with Gasteiger partial charge in [0.25, 0.3) is 0 Å². The fourth-order valence-electron chi connectivity index (χ4n) is 1.18. The van der Waals surface area contributed by atoms with Crippen molar-refractivity contribution in [2.75, 3.05) is 6.61 Å². The summed E-state index contributed by atoms with van der Waals surface area (Å²) < 4.78 is 0. The van der Waals surface area contributed by atoms with Crippen molar-refractivity contribution in [2.45, 2.75) is 39.7 Å². The van der Waals surface area contributed by atoms with Crippen LogP contribution in [0.5, 0.6) is 0 Å². The Balaban J connectivity index is 3.70. The number of aliphatic hydroxyl groups is 2. The minimum absolute atomic E-state index is 0.175. The summed E-state index contributed by atoms with van der Waals surface area (Å²) >= 11 is 0. The molecule has 0 aromatic carbocycles. The van der Waals surface area contributed by atoms with E-state index in [2.05, 4.69) is 6.92 Å². The molecule has 0 rings (SSSR count).